The molecule has 0 heterocycles. The zero-order chi connectivity index (χ0) is 13.1. The second-order valence-corrected chi connectivity index (χ2v) is 5.01. The van der Waals surface area contributed by atoms with Crippen LogP contribution in [0.4, 0.5) is 0 Å². The summed E-state index contributed by atoms with van der Waals surface area (Å²) in [6, 6.07) is 6.48. The molecule has 1 unspecified atom stereocenters. The van der Waals surface area contributed by atoms with Crippen LogP contribution in [-0.4, -0.2) is 22.7 Å². The van der Waals surface area contributed by atoms with Crippen molar-refractivity contribution in [3.05, 3.63) is 29.8 Å². The molecule has 0 saturated heterocycles. The highest BCUT2D eigenvalue weighted by Crippen LogP contribution is 2.19. The normalized spacial score (nSPS) is 13.2. The first-order valence-corrected chi connectivity index (χ1v) is 5.54. The number of hydrogen-bond donors (Lipinski definition) is 2. The van der Waals surface area contributed by atoms with Crippen molar-refractivity contribution < 1.29 is 14.6 Å². The summed E-state index contributed by atoms with van der Waals surface area (Å²) in [6.45, 7) is 5.88. The molecule has 17 heavy (non-hydrogen) atoms. The molecule has 1 aromatic carbocycles. The molecule has 0 bridgehead atoms. The molecule has 0 amide bonds. The molecular formula is C13H19NO3. The predicted octanol–water partition coefficient (Wildman–Crippen LogP) is 1.82. The zero-order valence-corrected chi connectivity index (χ0v) is 10.4. The van der Waals surface area contributed by atoms with E-state index in [9.17, 15) is 4.79 Å². The van der Waals surface area contributed by atoms with E-state index in [2.05, 4.69) is 0 Å². The van der Waals surface area contributed by atoms with Crippen LogP contribution in [-0.2, 0) is 11.2 Å². The van der Waals surface area contributed by atoms with Gasteiger partial charge in [0.1, 0.15) is 17.4 Å². The molecule has 0 saturated carbocycles. The molecular weight excluding hydrogens is 218 g/mol. The topological polar surface area (TPSA) is 72.5 Å². The number of carboxylic acids is 1. The number of hydrogen-bond acceptors (Lipinski definition) is 3. The van der Waals surface area contributed by atoms with E-state index in [-0.39, 0.29) is 5.60 Å². The molecule has 0 aromatic heterocycles. The van der Waals surface area contributed by atoms with E-state index in [4.69, 9.17) is 15.6 Å². The summed E-state index contributed by atoms with van der Waals surface area (Å²) in [5, 5.41) is 8.74. The van der Waals surface area contributed by atoms with Gasteiger partial charge in [0.05, 0.1) is 0 Å². The van der Waals surface area contributed by atoms with Crippen LogP contribution in [0.1, 0.15) is 26.3 Å². The monoisotopic (exact) mass is 237 g/mol. The Morgan fingerprint density at radius 1 is 1.47 bits per heavy atom. The highest BCUT2D eigenvalue weighted by Gasteiger charge is 2.14. The maximum Gasteiger partial charge on any atom is 0.320 e. The van der Waals surface area contributed by atoms with Gasteiger partial charge >= 0.3 is 5.97 Å². The van der Waals surface area contributed by atoms with Gasteiger partial charge in [0.2, 0.25) is 0 Å². The van der Waals surface area contributed by atoms with Crippen molar-refractivity contribution in [3.8, 4) is 5.75 Å². The Morgan fingerprint density at radius 2 is 2.12 bits per heavy atom. The number of carboxylic acid groups (broad SMARTS) is 1. The highest BCUT2D eigenvalue weighted by atomic mass is 16.5. The Balaban J connectivity index is 2.76. The van der Waals surface area contributed by atoms with Gasteiger partial charge in [0.15, 0.2) is 0 Å². The summed E-state index contributed by atoms with van der Waals surface area (Å²) in [6.07, 6.45) is 0.302. The van der Waals surface area contributed by atoms with Gasteiger partial charge in [-0.05, 0) is 44.9 Å². The zero-order valence-electron chi connectivity index (χ0n) is 10.4. The first kappa shape index (κ1) is 13.5. The largest absolute Gasteiger partial charge is 0.488 e. The maximum atomic E-state index is 10.7. The highest BCUT2D eigenvalue weighted by molar-refractivity contribution is 5.73. The van der Waals surface area contributed by atoms with Gasteiger partial charge in [-0.3, -0.25) is 4.79 Å². The van der Waals surface area contributed by atoms with Crippen molar-refractivity contribution in [1.29, 1.82) is 0 Å². The van der Waals surface area contributed by atoms with Crippen molar-refractivity contribution in [2.24, 2.45) is 5.73 Å². The minimum atomic E-state index is -0.993. The molecule has 1 atom stereocenters. The standard InChI is InChI=1S/C13H19NO3/c1-13(2,3)17-10-6-4-5-9(7-10)8-11(14)12(15)16/h4-7,11H,8,14H2,1-3H3,(H,15,16). The molecule has 0 aliphatic carbocycles. The Labute approximate surface area is 101 Å². The first-order valence-electron chi connectivity index (χ1n) is 5.54. The molecule has 4 heteroatoms. The van der Waals surface area contributed by atoms with Crippen molar-refractivity contribution >= 4 is 5.97 Å². The lowest BCUT2D eigenvalue weighted by Crippen LogP contribution is -2.32. The Bertz CT molecular complexity index is 396. The molecule has 0 radical (unpaired) electrons. The smallest absolute Gasteiger partial charge is 0.320 e. The van der Waals surface area contributed by atoms with Crippen molar-refractivity contribution in [3.63, 3.8) is 0 Å². The molecule has 4 nitrogen and oxygen atoms in total. The Kier molecular flexibility index (Phi) is 4.12. The third-order valence-corrected chi connectivity index (χ3v) is 2.10. The quantitative estimate of drug-likeness (QED) is 0.837. The second kappa shape index (κ2) is 5.19. The number of aliphatic carboxylic acids is 1. The van der Waals surface area contributed by atoms with Gasteiger partial charge in [-0.15, -0.1) is 0 Å². The van der Waals surface area contributed by atoms with Crippen LogP contribution in [0, 0.1) is 0 Å². The molecule has 0 spiro atoms. The minimum absolute atomic E-state index is 0.270. The summed E-state index contributed by atoms with van der Waals surface area (Å²) in [5.41, 5.74) is 6.08. The fourth-order valence-corrected chi connectivity index (χ4v) is 1.43. The minimum Gasteiger partial charge on any atom is -0.488 e. The molecule has 94 valence electrons. The van der Waals surface area contributed by atoms with Crippen LogP contribution >= 0.6 is 0 Å². The van der Waals surface area contributed by atoms with E-state index in [1.807, 2.05) is 45.0 Å². The predicted molar refractivity (Wildman–Crippen MR) is 66.1 cm³/mol. The Morgan fingerprint density at radius 3 is 2.65 bits per heavy atom. The SMILES string of the molecule is CC(C)(C)Oc1cccc(CC(N)C(=O)O)c1. The lowest BCUT2D eigenvalue weighted by atomic mass is 10.1. The van der Waals surface area contributed by atoms with E-state index < -0.39 is 12.0 Å². The lowest BCUT2D eigenvalue weighted by Gasteiger charge is -2.21. The van der Waals surface area contributed by atoms with E-state index in [1.54, 1.807) is 0 Å². The van der Waals surface area contributed by atoms with Crippen molar-refractivity contribution in [2.75, 3.05) is 0 Å². The van der Waals surface area contributed by atoms with Crippen molar-refractivity contribution in [2.45, 2.75) is 38.8 Å². The molecule has 0 aliphatic heterocycles. The van der Waals surface area contributed by atoms with Gasteiger partial charge in [0.25, 0.3) is 0 Å². The Hall–Kier alpha value is -1.55. The van der Waals surface area contributed by atoms with Crippen LogP contribution in [0.2, 0.25) is 0 Å². The summed E-state index contributed by atoms with van der Waals surface area (Å²) in [7, 11) is 0. The summed E-state index contributed by atoms with van der Waals surface area (Å²) >= 11 is 0. The average Bonchev–Trinajstić information content (AvgIpc) is 2.15. The van der Waals surface area contributed by atoms with Crippen LogP contribution in [0.3, 0.4) is 0 Å². The third-order valence-electron chi connectivity index (χ3n) is 2.10. The fourth-order valence-electron chi connectivity index (χ4n) is 1.43. The van der Waals surface area contributed by atoms with E-state index in [1.165, 1.54) is 0 Å². The van der Waals surface area contributed by atoms with Gasteiger partial charge < -0.3 is 15.6 Å². The number of nitrogens with two attached hydrogens (primary N) is 1. The van der Waals surface area contributed by atoms with Crippen LogP contribution in [0.15, 0.2) is 24.3 Å². The number of ether oxygens (including phenoxy) is 1. The summed E-state index contributed by atoms with van der Waals surface area (Å²) < 4.78 is 5.70. The van der Waals surface area contributed by atoms with E-state index >= 15 is 0 Å². The molecule has 3 N–H and O–H groups in total. The van der Waals surface area contributed by atoms with Crippen molar-refractivity contribution in [1.82, 2.24) is 0 Å². The number of rotatable bonds is 4. The molecule has 1 rings (SSSR count). The fraction of sp³-hybridized carbons (Fsp3) is 0.462. The van der Waals surface area contributed by atoms with E-state index in [0.29, 0.717) is 6.42 Å². The van der Waals surface area contributed by atoms with Gasteiger partial charge in [0, 0.05) is 0 Å². The second-order valence-electron chi connectivity index (χ2n) is 5.01. The van der Waals surface area contributed by atoms with Gasteiger partial charge in [-0.1, -0.05) is 12.1 Å². The summed E-state index contributed by atoms with van der Waals surface area (Å²) in [5.74, 6) is -0.264. The molecule has 1 aromatic rings. The number of benzene rings is 1. The van der Waals surface area contributed by atoms with Crippen LogP contribution in [0.5, 0.6) is 5.75 Å². The molecule has 0 fully saturated rings. The first-order chi connectivity index (χ1) is 7.78. The summed E-state index contributed by atoms with van der Waals surface area (Å²) in [4.78, 5) is 10.7. The van der Waals surface area contributed by atoms with Gasteiger partial charge in [-0.25, -0.2) is 0 Å². The lowest BCUT2D eigenvalue weighted by molar-refractivity contribution is -0.138. The maximum absolute atomic E-state index is 10.7. The van der Waals surface area contributed by atoms with Crippen LogP contribution in [0.25, 0.3) is 0 Å². The van der Waals surface area contributed by atoms with Crippen LogP contribution < -0.4 is 10.5 Å². The molecule has 0 aliphatic rings. The van der Waals surface area contributed by atoms with E-state index in [0.717, 1.165) is 11.3 Å². The number of carbonyl (C=O) groups is 1. The third kappa shape index (κ3) is 4.87. The average molecular weight is 237 g/mol. The van der Waals surface area contributed by atoms with Gasteiger partial charge in [-0.2, -0.15) is 0 Å².